The van der Waals surface area contributed by atoms with Gasteiger partial charge >= 0.3 is 0 Å². The minimum atomic E-state index is -0.0938. The van der Waals surface area contributed by atoms with E-state index in [-0.39, 0.29) is 12.5 Å². The third-order valence-electron chi connectivity index (χ3n) is 2.26. The summed E-state index contributed by atoms with van der Waals surface area (Å²) >= 11 is 0. The Bertz CT molecular complexity index is 365. The van der Waals surface area contributed by atoms with Crippen molar-refractivity contribution in [1.82, 2.24) is 0 Å². The van der Waals surface area contributed by atoms with Gasteiger partial charge in [0.1, 0.15) is 5.75 Å². The summed E-state index contributed by atoms with van der Waals surface area (Å²) < 4.78 is 15.0. The molecule has 1 saturated heterocycles. The molecule has 2 heterocycles. The maximum Gasteiger partial charge on any atom is 0.262 e. The van der Waals surface area contributed by atoms with Gasteiger partial charge in [-0.15, -0.1) is 0 Å². The number of nitrogens with one attached hydrogen (secondary N) is 1. The monoisotopic (exact) mass is 237 g/mol. The van der Waals surface area contributed by atoms with E-state index in [1.165, 1.54) is 0 Å². The number of ether oxygens (including phenoxy) is 3. The van der Waals surface area contributed by atoms with Crippen LogP contribution in [-0.2, 0) is 14.3 Å². The van der Waals surface area contributed by atoms with Crippen LogP contribution in [0, 0.1) is 0 Å². The van der Waals surface area contributed by atoms with Gasteiger partial charge in [0.25, 0.3) is 5.91 Å². The van der Waals surface area contributed by atoms with E-state index < -0.39 is 0 Å². The zero-order valence-corrected chi connectivity index (χ0v) is 9.48. The summed E-state index contributed by atoms with van der Waals surface area (Å²) in [5.41, 5.74) is 0.753. The van der Waals surface area contributed by atoms with E-state index in [0.717, 1.165) is 37.9 Å². The van der Waals surface area contributed by atoms with Crippen LogP contribution in [0.4, 0.5) is 5.69 Å². The molecule has 1 aromatic rings. The van der Waals surface area contributed by atoms with E-state index in [1.54, 1.807) is 0 Å². The van der Waals surface area contributed by atoms with Crippen LogP contribution in [0.1, 0.15) is 0 Å². The SMILES string of the molecule is C1COCCO1.O=C1COc2ccccc2N1. The van der Waals surface area contributed by atoms with E-state index in [4.69, 9.17) is 14.2 Å². The number of hydrogen-bond acceptors (Lipinski definition) is 4. The Morgan fingerprint density at radius 3 is 2.29 bits per heavy atom. The Labute approximate surface area is 99.7 Å². The number of para-hydroxylation sites is 2. The number of rotatable bonds is 0. The van der Waals surface area contributed by atoms with Gasteiger partial charge in [-0.3, -0.25) is 4.79 Å². The zero-order chi connectivity index (χ0) is 11.9. The third kappa shape index (κ3) is 3.72. The predicted molar refractivity (Wildman–Crippen MR) is 62.2 cm³/mol. The molecule has 1 amide bonds. The fraction of sp³-hybridized carbons (Fsp3) is 0.417. The van der Waals surface area contributed by atoms with Gasteiger partial charge in [0.05, 0.1) is 32.1 Å². The molecule has 2 aliphatic rings. The number of carbonyl (C=O) groups excluding carboxylic acids is 1. The van der Waals surface area contributed by atoms with E-state index >= 15 is 0 Å². The molecule has 0 atom stereocenters. The molecule has 0 aliphatic carbocycles. The molecule has 92 valence electrons. The molecule has 5 nitrogen and oxygen atoms in total. The van der Waals surface area contributed by atoms with Crippen LogP contribution in [0.2, 0.25) is 0 Å². The van der Waals surface area contributed by atoms with E-state index in [9.17, 15) is 4.79 Å². The average Bonchev–Trinajstić information content (AvgIpc) is 2.41. The van der Waals surface area contributed by atoms with Crippen molar-refractivity contribution in [3.8, 4) is 5.75 Å². The summed E-state index contributed by atoms with van der Waals surface area (Å²) in [6, 6.07) is 7.37. The van der Waals surface area contributed by atoms with Crippen molar-refractivity contribution in [2.45, 2.75) is 0 Å². The fourth-order valence-corrected chi connectivity index (χ4v) is 1.47. The minimum Gasteiger partial charge on any atom is -0.482 e. The second kappa shape index (κ2) is 6.22. The topological polar surface area (TPSA) is 56.8 Å². The lowest BCUT2D eigenvalue weighted by molar-refractivity contribution is -0.118. The number of anilines is 1. The fourth-order valence-electron chi connectivity index (χ4n) is 1.47. The lowest BCUT2D eigenvalue weighted by Crippen LogP contribution is -2.25. The van der Waals surface area contributed by atoms with Crippen molar-refractivity contribution < 1.29 is 19.0 Å². The van der Waals surface area contributed by atoms with Crippen LogP contribution in [0.3, 0.4) is 0 Å². The molecule has 1 fully saturated rings. The Balaban J connectivity index is 0.000000153. The van der Waals surface area contributed by atoms with Gasteiger partial charge in [-0.05, 0) is 12.1 Å². The molecule has 0 spiro atoms. The molecule has 0 unspecified atom stereocenters. The van der Waals surface area contributed by atoms with Crippen LogP contribution in [0.5, 0.6) is 5.75 Å². The maximum absolute atomic E-state index is 10.8. The van der Waals surface area contributed by atoms with Gasteiger partial charge in [-0.1, -0.05) is 12.1 Å². The average molecular weight is 237 g/mol. The third-order valence-corrected chi connectivity index (χ3v) is 2.26. The first kappa shape index (κ1) is 11.9. The summed E-state index contributed by atoms with van der Waals surface area (Å²) in [5, 5.41) is 2.70. The highest BCUT2D eigenvalue weighted by Crippen LogP contribution is 2.25. The first-order valence-corrected chi connectivity index (χ1v) is 5.53. The highest BCUT2D eigenvalue weighted by molar-refractivity contribution is 5.95. The normalized spacial score (nSPS) is 18.0. The van der Waals surface area contributed by atoms with Crippen molar-refractivity contribution in [3.63, 3.8) is 0 Å². The molecule has 1 aromatic carbocycles. The lowest BCUT2D eigenvalue weighted by atomic mass is 10.2. The van der Waals surface area contributed by atoms with E-state index in [2.05, 4.69) is 5.32 Å². The van der Waals surface area contributed by atoms with Gasteiger partial charge < -0.3 is 19.5 Å². The summed E-state index contributed by atoms with van der Waals surface area (Å²) in [6.07, 6.45) is 0. The molecule has 0 radical (unpaired) electrons. The number of fused-ring (bicyclic) bond motifs is 1. The molecule has 2 aliphatic heterocycles. The molecule has 3 rings (SSSR count). The van der Waals surface area contributed by atoms with Crippen molar-refractivity contribution in [2.75, 3.05) is 38.4 Å². The summed E-state index contributed by atoms with van der Waals surface area (Å²) in [4.78, 5) is 10.8. The van der Waals surface area contributed by atoms with Crippen LogP contribution in [-0.4, -0.2) is 38.9 Å². The number of amides is 1. The Morgan fingerprint density at radius 2 is 1.65 bits per heavy atom. The first-order chi connectivity index (χ1) is 8.36. The zero-order valence-electron chi connectivity index (χ0n) is 9.48. The van der Waals surface area contributed by atoms with Crippen molar-refractivity contribution >= 4 is 11.6 Å². The number of carbonyl (C=O) groups is 1. The molecular weight excluding hydrogens is 222 g/mol. The Morgan fingerprint density at radius 1 is 1.00 bits per heavy atom. The van der Waals surface area contributed by atoms with Gasteiger partial charge in [0, 0.05) is 0 Å². The van der Waals surface area contributed by atoms with E-state index in [1.807, 2.05) is 24.3 Å². The first-order valence-electron chi connectivity index (χ1n) is 5.53. The van der Waals surface area contributed by atoms with Crippen molar-refractivity contribution in [2.24, 2.45) is 0 Å². The van der Waals surface area contributed by atoms with Crippen LogP contribution < -0.4 is 10.1 Å². The molecule has 0 bridgehead atoms. The lowest BCUT2D eigenvalue weighted by Gasteiger charge is -2.16. The Kier molecular flexibility index (Phi) is 4.35. The van der Waals surface area contributed by atoms with Crippen LogP contribution in [0.25, 0.3) is 0 Å². The molecule has 0 saturated carbocycles. The predicted octanol–water partition coefficient (Wildman–Crippen LogP) is 1.05. The summed E-state index contributed by atoms with van der Waals surface area (Å²) in [6.45, 7) is 3.23. The molecule has 0 aromatic heterocycles. The molecular formula is C12H15NO4. The Hall–Kier alpha value is -1.59. The quantitative estimate of drug-likeness (QED) is 0.732. The number of benzene rings is 1. The van der Waals surface area contributed by atoms with Gasteiger partial charge in [-0.25, -0.2) is 0 Å². The number of hydrogen-bond donors (Lipinski definition) is 1. The summed E-state index contributed by atoms with van der Waals surface area (Å²) in [7, 11) is 0. The highest BCUT2D eigenvalue weighted by Gasteiger charge is 2.13. The summed E-state index contributed by atoms with van der Waals surface area (Å²) in [5.74, 6) is 0.649. The van der Waals surface area contributed by atoms with Gasteiger partial charge in [-0.2, -0.15) is 0 Å². The van der Waals surface area contributed by atoms with Crippen LogP contribution in [0.15, 0.2) is 24.3 Å². The van der Waals surface area contributed by atoms with Gasteiger partial charge in [0.2, 0.25) is 0 Å². The highest BCUT2D eigenvalue weighted by atomic mass is 16.6. The van der Waals surface area contributed by atoms with E-state index in [0.29, 0.717) is 0 Å². The van der Waals surface area contributed by atoms with Gasteiger partial charge in [0.15, 0.2) is 6.61 Å². The second-order valence-corrected chi connectivity index (χ2v) is 3.56. The van der Waals surface area contributed by atoms with Crippen molar-refractivity contribution in [1.29, 1.82) is 0 Å². The maximum atomic E-state index is 10.8. The molecule has 17 heavy (non-hydrogen) atoms. The molecule has 5 heteroatoms. The van der Waals surface area contributed by atoms with Crippen molar-refractivity contribution in [3.05, 3.63) is 24.3 Å². The smallest absolute Gasteiger partial charge is 0.262 e. The second-order valence-electron chi connectivity index (χ2n) is 3.56. The minimum absolute atomic E-state index is 0.0938. The van der Waals surface area contributed by atoms with Crippen LogP contribution >= 0.6 is 0 Å². The standard InChI is InChI=1S/C8H7NO2.C4H8O2/c10-8-5-11-7-4-2-1-3-6(7)9-8;1-2-6-4-3-5-1/h1-4H,5H2,(H,9,10);1-4H2. The largest absolute Gasteiger partial charge is 0.482 e. The molecule has 1 N–H and O–H groups in total.